The Kier molecular flexibility index (Phi) is 7.82. The molecule has 2 heterocycles. The Morgan fingerprint density at radius 3 is 2.08 bits per heavy atom. The van der Waals surface area contributed by atoms with Crippen molar-refractivity contribution in [1.82, 2.24) is 0 Å². The average Bonchev–Trinajstić information content (AvgIpc) is 3.42. The standard InChI is InChI=1S/C34H22Cl3F5N2O6/c1-12-3-5-14(10-18(12)35)43-29(46)16-7-6-15-17(21(16)30(43)47)11-33(36)31(48)44(28-26(41)24(39)23(38)25(40)27(28)42)32(49)34(33,37)22(15)13-4-8-20(50-2)19(45)9-13/h3-6,8-10,16-17,21-22,45H,7,11H2,1-2H3/t16-,17+,21-,22-,33+,34-/m0/s1. The Balaban J connectivity index is 1.43. The topological polar surface area (TPSA) is 104 Å². The number of carbonyl (C=O) groups excluding carboxylic acids is 4. The maximum Gasteiger partial charge on any atom is 0.258 e. The predicted octanol–water partition coefficient (Wildman–Crippen LogP) is 6.83. The first-order valence-electron chi connectivity index (χ1n) is 15.0. The lowest BCUT2D eigenvalue weighted by Crippen LogP contribution is -2.60. The minimum absolute atomic E-state index is 0.0135. The van der Waals surface area contributed by atoms with Gasteiger partial charge >= 0.3 is 0 Å². The Morgan fingerprint density at radius 1 is 0.840 bits per heavy atom. The first-order chi connectivity index (χ1) is 23.5. The molecule has 4 amide bonds. The summed E-state index contributed by atoms with van der Waals surface area (Å²) in [5.74, 6) is -22.2. The van der Waals surface area contributed by atoms with E-state index in [0.717, 1.165) is 11.0 Å². The number of nitrogens with zero attached hydrogens (tertiary/aromatic N) is 2. The number of alkyl halides is 2. The fraction of sp³-hybridized carbons (Fsp3) is 0.294. The van der Waals surface area contributed by atoms with Crippen LogP contribution in [0.5, 0.6) is 11.5 Å². The molecule has 4 aliphatic rings. The van der Waals surface area contributed by atoms with E-state index in [1.165, 1.54) is 31.4 Å². The van der Waals surface area contributed by atoms with Crippen molar-refractivity contribution in [3.8, 4) is 11.5 Å². The van der Waals surface area contributed by atoms with Gasteiger partial charge in [-0.2, -0.15) is 0 Å². The van der Waals surface area contributed by atoms with Gasteiger partial charge in [0.05, 0.1) is 24.6 Å². The van der Waals surface area contributed by atoms with E-state index in [9.17, 15) is 37.5 Å². The molecule has 8 nitrogen and oxygen atoms in total. The molecule has 1 N–H and O–H groups in total. The molecule has 50 heavy (non-hydrogen) atoms. The molecule has 16 heteroatoms. The number of benzene rings is 3. The monoisotopic (exact) mass is 754 g/mol. The minimum Gasteiger partial charge on any atom is -0.504 e. The molecule has 3 aromatic rings. The molecule has 1 saturated carbocycles. The van der Waals surface area contributed by atoms with Gasteiger partial charge in [-0.3, -0.25) is 19.2 Å². The van der Waals surface area contributed by atoms with Crippen LogP contribution in [0.1, 0.15) is 29.9 Å². The predicted molar refractivity (Wildman–Crippen MR) is 170 cm³/mol. The second-order valence-electron chi connectivity index (χ2n) is 12.6. The van der Waals surface area contributed by atoms with E-state index >= 15 is 8.78 Å². The third-order valence-corrected chi connectivity index (χ3v) is 12.0. The van der Waals surface area contributed by atoms with Crippen LogP contribution in [0.2, 0.25) is 5.02 Å². The van der Waals surface area contributed by atoms with Crippen LogP contribution in [0.4, 0.5) is 33.3 Å². The molecule has 0 unspecified atom stereocenters. The Labute approximate surface area is 294 Å². The lowest BCUT2D eigenvalue weighted by atomic mass is 9.56. The highest BCUT2D eigenvalue weighted by molar-refractivity contribution is 6.58. The van der Waals surface area contributed by atoms with Crippen molar-refractivity contribution in [2.45, 2.75) is 35.4 Å². The van der Waals surface area contributed by atoms with Gasteiger partial charge in [0.25, 0.3) is 11.8 Å². The number of methoxy groups -OCH3 is 1. The number of fused-ring (bicyclic) bond motifs is 4. The summed E-state index contributed by atoms with van der Waals surface area (Å²) in [6.45, 7) is 1.73. The van der Waals surface area contributed by atoms with E-state index in [1.54, 1.807) is 19.1 Å². The van der Waals surface area contributed by atoms with Gasteiger partial charge < -0.3 is 9.84 Å². The van der Waals surface area contributed by atoms with E-state index in [0.29, 0.717) is 5.56 Å². The number of carbonyl (C=O) groups is 4. The molecule has 7 rings (SSSR count). The fourth-order valence-electron chi connectivity index (χ4n) is 7.80. The Hall–Kier alpha value is -4.20. The van der Waals surface area contributed by atoms with E-state index in [1.807, 2.05) is 0 Å². The first-order valence-corrected chi connectivity index (χ1v) is 16.1. The number of halogens is 8. The number of ether oxygens (including phenoxy) is 1. The summed E-state index contributed by atoms with van der Waals surface area (Å²) >= 11 is 20.5. The van der Waals surface area contributed by atoms with Crippen LogP contribution in [0.15, 0.2) is 48.0 Å². The number of allylic oxidation sites excluding steroid dienone is 2. The van der Waals surface area contributed by atoms with Gasteiger partial charge in [-0.15, -0.1) is 23.2 Å². The van der Waals surface area contributed by atoms with Gasteiger partial charge in [-0.25, -0.2) is 31.8 Å². The lowest BCUT2D eigenvalue weighted by Gasteiger charge is -2.50. The lowest BCUT2D eigenvalue weighted by molar-refractivity contribution is -0.125. The van der Waals surface area contributed by atoms with Crippen molar-refractivity contribution in [2.24, 2.45) is 17.8 Å². The quantitative estimate of drug-likeness (QED) is 0.0783. The van der Waals surface area contributed by atoms with Gasteiger partial charge in [-0.1, -0.05) is 35.4 Å². The zero-order valence-corrected chi connectivity index (χ0v) is 27.9. The number of amides is 4. The second kappa shape index (κ2) is 11.4. The van der Waals surface area contributed by atoms with E-state index < -0.39 is 104 Å². The summed E-state index contributed by atoms with van der Waals surface area (Å²) in [6, 6.07) is 8.38. The molecule has 2 saturated heterocycles. The summed E-state index contributed by atoms with van der Waals surface area (Å²) < 4.78 is 78.4. The summed E-state index contributed by atoms with van der Waals surface area (Å²) in [7, 11) is 1.26. The minimum atomic E-state index is -2.72. The van der Waals surface area contributed by atoms with Crippen molar-refractivity contribution in [2.75, 3.05) is 16.9 Å². The summed E-state index contributed by atoms with van der Waals surface area (Å²) in [5, 5.41) is 11.0. The third-order valence-electron chi connectivity index (χ3n) is 10.2. The first kappa shape index (κ1) is 34.3. The zero-order valence-electron chi connectivity index (χ0n) is 25.7. The average molecular weight is 756 g/mol. The molecular formula is C34H22Cl3F5N2O6. The Bertz CT molecular complexity index is 2100. The van der Waals surface area contributed by atoms with Crippen LogP contribution in [-0.4, -0.2) is 45.6 Å². The van der Waals surface area contributed by atoms with Gasteiger partial charge in [0.1, 0.15) is 5.69 Å². The third kappa shape index (κ3) is 4.29. The number of phenolic OH excluding ortho intramolecular Hbond substituents is 1. The summed E-state index contributed by atoms with van der Waals surface area (Å²) in [4.78, 5) is 51.9. The van der Waals surface area contributed by atoms with Gasteiger partial charge in [0.2, 0.25) is 17.6 Å². The van der Waals surface area contributed by atoms with Crippen LogP contribution < -0.4 is 14.5 Å². The number of imide groups is 2. The van der Waals surface area contributed by atoms with E-state index in [2.05, 4.69) is 0 Å². The van der Waals surface area contributed by atoms with Crippen LogP contribution in [0.25, 0.3) is 0 Å². The van der Waals surface area contributed by atoms with Gasteiger partial charge in [0.15, 0.2) is 44.5 Å². The largest absolute Gasteiger partial charge is 0.504 e. The smallest absolute Gasteiger partial charge is 0.258 e. The van der Waals surface area contributed by atoms with Crippen LogP contribution >= 0.6 is 34.8 Å². The molecule has 2 aliphatic carbocycles. The summed E-state index contributed by atoms with van der Waals surface area (Å²) in [5.41, 5.74) is -0.772. The highest BCUT2D eigenvalue weighted by atomic mass is 35.5. The van der Waals surface area contributed by atoms with E-state index in [4.69, 9.17) is 39.5 Å². The zero-order chi connectivity index (χ0) is 36.4. The normalized spacial score (nSPS) is 28.9. The molecule has 6 atom stereocenters. The number of aromatic hydroxyl groups is 1. The number of rotatable bonds is 4. The molecular weight excluding hydrogens is 734 g/mol. The van der Waals surface area contributed by atoms with Crippen molar-refractivity contribution in [3.63, 3.8) is 0 Å². The van der Waals surface area contributed by atoms with E-state index in [-0.39, 0.29) is 38.9 Å². The SMILES string of the molecule is COc1ccc([C@H]2C3=CC[C@@H]4C(=O)N(c5ccc(C)c(Cl)c5)C(=O)[C@@H]4[C@@H]3C[C@@]3(Cl)C(=O)N(c4c(F)c(F)c(F)c(F)c4F)C(=O)[C@@]23Cl)cc1O. The van der Waals surface area contributed by atoms with Crippen molar-refractivity contribution in [1.29, 1.82) is 0 Å². The molecule has 0 spiro atoms. The maximum absolute atomic E-state index is 15.2. The van der Waals surface area contributed by atoms with Crippen molar-refractivity contribution >= 4 is 69.8 Å². The molecule has 0 aromatic heterocycles. The molecule has 0 bridgehead atoms. The van der Waals surface area contributed by atoms with Crippen molar-refractivity contribution < 1.29 is 51.0 Å². The maximum atomic E-state index is 15.2. The number of hydrogen-bond donors (Lipinski definition) is 1. The number of aryl methyl sites for hydroxylation is 1. The highest BCUT2D eigenvalue weighted by Crippen LogP contribution is 2.66. The van der Waals surface area contributed by atoms with Crippen LogP contribution in [-0.2, 0) is 19.2 Å². The molecule has 260 valence electrons. The molecule has 0 radical (unpaired) electrons. The highest BCUT2D eigenvalue weighted by Gasteiger charge is 2.77. The molecule has 3 aromatic carbocycles. The van der Waals surface area contributed by atoms with Crippen molar-refractivity contribution in [3.05, 3.63) is 93.3 Å². The number of hydrogen-bond acceptors (Lipinski definition) is 6. The fourth-order valence-corrected chi connectivity index (χ4v) is 8.91. The summed E-state index contributed by atoms with van der Waals surface area (Å²) in [6.07, 6.45) is 0.831. The second-order valence-corrected chi connectivity index (χ2v) is 14.2. The van der Waals surface area contributed by atoms with Crippen LogP contribution in [0.3, 0.4) is 0 Å². The molecule has 3 fully saturated rings. The number of anilines is 2. The molecule has 2 aliphatic heterocycles. The van der Waals surface area contributed by atoms with Crippen LogP contribution in [0, 0.1) is 53.8 Å². The Morgan fingerprint density at radius 2 is 1.48 bits per heavy atom. The van der Waals surface area contributed by atoms with Gasteiger partial charge in [0, 0.05) is 10.9 Å². The number of phenols is 1. The van der Waals surface area contributed by atoms with Gasteiger partial charge in [-0.05, 0) is 61.1 Å².